The van der Waals surface area contributed by atoms with Crippen molar-refractivity contribution in [3.8, 4) is 0 Å². The quantitative estimate of drug-likeness (QED) is 0.936. The average Bonchev–Trinajstić information content (AvgIpc) is 2.83. The monoisotopic (exact) mass is 300 g/mol. The number of amides is 1. The summed E-state index contributed by atoms with van der Waals surface area (Å²) in [7, 11) is 1.47. The van der Waals surface area contributed by atoms with Crippen LogP contribution in [0.5, 0.6) is 0 Å². The maximum atomic E-state index is 12.4. The van der Waals surface area contributed by atoms with Crippen LogP contribution in [0.15, 0.2) is 28.9 Å². The van der Waals surface area contributed by atoms with Crippen molar-refractivity contribution in [2.24, 2.45) is 0 Å². The van der Waals surface area contributed by atoms with Gasteiger partial charge < -0.3 is 10.6 Å². The second-order valence-electron chi connectivity index (χ2n) is 4.35. The highest BCUT2D eigenvalue weighted by Gasteiger charge is 2.30. The van der Waals surface area contributed by atoms with E-state index in [1.54, 1.807) is 0 Å². The molecule has 0 spiro atoms. The summed E-state index contributed by atoms with van der Waals surface area (Å²) in [6, 6.07) is 4.52. The molecule has 1 aromatic carbocycles. The minimum atomic E-state index is -4.39. The number of aromatic nitrogens is 2. The predicted octanol–water partition coefficient (Wildman–Crippen LogP) is 1.94. The molecule has 0 aliphatic carbocycles. The maximum Gasteiger partial charge on any atom is 0.416 e. The fourth-order valence-corrected chi connectivity index (χ4v) is 1.67. The number of nitrogen functional groups attached to an aromatic ring is 1. The number of halogens is 3. The second-order valence-corrected chi connectivity index (χ2v) is 4.35. The summed E-state index contributed by atoms with van der Waals surface area (Å²) >= 11 is 0. The van der Waals surface area contributed by atoms with E-state index >= 15 is 0 Å². The number of alkyl halides is 3. The van der Waals surface area contributed by atoms with Gasteiger partial charge in [0.1, 0.15) is 0 Å². The van der Waals surface area contributed by atoms with Gasteiger partial charge in [-0.2, -0.15) is 13.2 Å². The highest BCUT2D eigenvalue weighted by molar-refractivity contribution is 5.95. The fraction of sp³-hybridized carbons (Fsp3) is 0.250. The van der Waals surface area contributed by atoms with Crippen molar-refractivity contribution in [3.63, 3.8) is 0 Å². The molecular weight excluding hydrogens is 289 g/mol. The number of rotatable bonds is 3. The molecule has 1 heterocycles. The van der Waals surface area contributed by atoms with E-state index < -0.39 is 17.6 Å². The maximum absolute atomic E-state index is 12.4. The van der Waals surface area contributed by atoms with Crippen molar-refractivity contribution in [1.29, 1.82) is 0 Å². The van der Waals surface area contributed by atoms with E-state index in [0.29, 0.717) is 5.56 Å². The molecule has 0 saturated heterocycles. The van der Waals surface area contributed by atoms with Crippen LogP contribution in [0.2, 0.25) is 0 Å². The third kappa shape index (κ3) is 3.30. The standard InChI is InChI=1S/C12H11F3N4O2/c1-19(11(20)9-10(16)18-21-17-9)6-7-2-4-8(5-3-7)12(13,14)15/h2-5H,6H2,1H3,(H2,16,18). The topological polar surface area (TPSA) is 85.2 Å². The lowest BCUT2D eigenvalue weighted by Gasteiger charge is -2.16. The molecule has 0 radical (unpaired) electrons. The Kier molecular flexibility index (Phi) is 3.83. The predicted molar refractivity (Wildman–Crippen MR) is 66.0 cm³/mol. The second kappa shape index (κ2) is 5.43. The minimum Gasteiger partial charge on any atom is -0.379 e. The number of carbonyl (C=O) groups excluding carboxylic acids is 1. The molecule has 0 aliphatic rings. The number of nitrogens with zero attached hydrogens (tertiary/aromatic N) is 3. The Morgan fingerprint density at radius 2 is 1.90 bits per heavy atom. The number of anilines is 1. The van der Waals surface area contributed by atoms with E-state index in [2.05, 4.69) is 14.9 Å². The molecule has 1 aromatic heterocycles. The van der Waals surface area contributed by atoms with Gasteiger partial charge in [-0.05, 0) is 28.0 Å². The van der Waals surface area contributed by atoms with Crippen LogP contribution in [-0.4, -0.2) is 28.2 Å². The zero-order valence-electron chi connectivity index (χ0n) is 10.9. The summed E-state index contributed by atoms with van der Waals surface area (Å²) in [5.41, 5.74) is 5.06. The van der Waals surface area contributed by atoms with E-state index in [4.69, 9.17) is 5.73 Å². The van der Waals surface area contributed by atoms with Crippen molar-refractivity contribution in [1.82, 2.24) is 15.2 Å². The SMILES string of the molecule is CN(Cc1ccc(C(F)(F)F)cc1)C(=O)c1nonc1N. The Labute approximate surface area is 117 Å². The lowest BCUT2D eigenvalue weighted by Crippen LogP contribution is -2.27. The van der Waals surface area contributed by atoms with Crippen molar-refractivity contribution >= 4 is 11.7 Å². The first-order valence-corrected chi connectivity index (χ1v) is 5.78. The average molecular weight is 300 g/mol. The van der Waals surface area contributed by atoms with Crippen molar-refractivity contribution in [2.75, 3.05) is 12.8 Å². The molecule has 1 amide bonds. The molecule has 0 fully saturated rings. The van der Waals surface area contributed by atoms with Crippen LogP contribution in [0.1, 0.15) is 21.6 Å². The molecule has 0 atom stereocenters. The van der Waals surface area contributed by atoms with Crippen LogP contribution in [0, 0.1) is 0 Å². The molecule has 6 nitrogen and oxygen atoms in total. The summed E-state index contributed by atoms with van der Waals surface area (Å²) in [6.45, 7) is 0.100. The van der Waals surface area contributed by atoms with Crippen molar-refractivity contribution in [3.05, 3.63) is 41.1 Å². The van der Waals surface area contributed by atoms with E-state index in [1.807, 2.05) is 0 Å². The zero-order chi connectivity index (χ0) is 15.6. The van der Waals surface area contributed by atoms with E-state index in [9.17, 15) is 18.0 Å². The van der Waals surface area contributed by atoms with Gasteiger partial charge in [-0.25, -0.2) is 4.63 Å². The Bertz CT molecular complexity index is 637. The van der Waals surface area contributed by atoms with Gasteiger partial charge in [-0.3, -0.25) is 4.79 Å². The molecule has 2 rings (SSSR count). The molecule has 112 valence electrons. The number of hydrogen-bond acceptors (Lipinski definition) is 5. The molecule has 9 heteroatoms. The number of hydrogen-bond donors (Lipinski definition) is 1. The van der Waals surface area contributed by atoms with Gasteiger partial charge in [-0.1, -0.05) is 12.1 Å². The van der Waals surface area contributed by atoms with Crippen LogP contribution >= 0.6 is 0 Å². The van der Waals surface area contributed by atoms with Crippen molar-refractivity contribution in [2.45, 2.75) is 12.7 Å². The van der Waals surface area contributed by atoms with Crippen LogP contribution in [0.3, 0.4) is 0 Å². The first-order valence-electron chi connectivity index (χ1n) is 5.78. The molecule has 21 heavy (non-hydrogen) atoms. The van der Waals surface area contributed by atoms with E-state index in [0.717, 1.165) is 12.1 Å². The van der Waals surface area contributed by atoms with Gasteiger partial charge in [0.25, 0.3) is 5.91 Å². The van der Waals surface area contributed by atoms with Crippen LogP contribution in [-0.2, 0) is 12.7 Å². The summed E-state index contributed by atoms with van der Waals surface area (Å²) in [4.78, 5) is 13.2. The minimum absolute atomic E-state index is 0.100. The molecule has 0 bridgehead atoms. The Morgan fingerprint density at radius 1 is 1.29 bits per heavy atom. The molecule has 2 N–H and O–H groups in total. The van der Waals surface area contributed by atoms with Gasteiger partial charge in [0.2, 0.25) is 11.5 Å². The summed E-state index contributed by atoms with van der Waals surface area (Å²) in [5, 5.41) is 6.66. The lowest BCUT2D eigenvalue weighted by molar-refractivity contribution is -0.137. The molecular formula is C12H11F3N4O2. The highest BCUT2D eigenvalue weighted by atomic mass is 19.4. The molecule has 0 unspecified atom stereocenters. The summed E-state index contributed by atoms with van der Waals surface area (Å²) in [6.07, 6.45) is -4.39. The van der Waals surface area contributed by atoms with Gasteiger partial charge >= 0.3 is 6.18 Å². The third-order valence-electron chi connectivity index (χ3n) is 2.76. The van der Waals surface area contributed by atoms with Crippen LogP contribution in [0.4, 0.5) is 19.0 Å². The van der Waals surface area contributed by atoms with Crippen LogP contribution < -0.4 is 5.73 Å². The third-order valence-corrected chi connectivity index (χ3v) is 2.76. The molecule has 0 aliphatic heterocycles. The van der Waals surface area contributed by atoms with Crippen LogP contribution in [0.25, 0.3) is 0 Å². The fourth-order valence-electron chi connectivity index (χ4n) is 1.67. The number of benzene rings is 1. The van der Waals surface area contributed by atoms with E-state index in [1.165, 1.54) is 24.1 Å². The van der Waals surface area contributed by atoms with Crippen molar-refractivity contribution < 1.29 is 22.6 Å². The Hall–Kier alpha value is -2.58. The molecule has 2 aromatic rings. The number of carbonyl (C=O) groups is 1. The largest absolute Gasteiger partial charge is 0.416 e. The smallest absolute Gasteiger partial charge is 0.379 e. The zero-order valence-corrected chi connectivity index (χ0v) is 10.9. The molecule has 0 saturated carbocycles. The highest BCUT2D eigenvalue weighted by Crippen LogP contribution is 2.29. The Balaban J connectivity index is 2.08. The van der Waals surface area contributed by atoms with Gasteiger partial charge in [0.05, 0.1) is 5.56 Å². The van der Waals surface area contributed by atoms with Gasteiger partial charge in [0, 0.05) is 13.6 Å². The normalized spacial score (nSPS) is 11.4. The summed E-state index contributed by atoms with van der Waals surface area (Å²) in [5.74, 6) is -0.673. The van der Waals surface area contributed by atoms with Gasteiger partial charge in [0.15, 0.2) is 0 Å². The Morgan fingerprint density at radius 3 is 2.38 bits per heavy atom. The first kappa shape index (κ1) is 14.8. The van der Waals surface area contributed by atoms with Gasteiger partial charge in [-0.15, -0.1) is 0 Å². The van der Waals surface area contributed by atoms with E-state index in [-0.39, 0.29) is 18.1 Å². The number of nitrogens with two attached hydrogens (primary N) is 1. The summed E-state index contributed by atoms with van der Waals surface area (Å²) < 4.78 is 41.6. The first-order chi connectivity index (χ1) is 9.79. The lowest BCUT2D eigenvalue weighted by atomic mass is 10.1.